The van der Waals surface area contributed by atoms with Crippen LogP contribution in [-0.4, -0.2) is 55.2 Å². The molecular weight excluding hydrogens is 320 g/mol. The Morgan fingerprint density at radius 1 is 1.00 bits per heavy atom. The second-order valence-corrected chi connectivity index (χ2v) is 9.26. The standard InChI is InChI=1S/C23H34N2O/c1-26-21-8-4-6-17(13-21)12-18-7-5-11-25-15-19-14-20(23(18)25)16-24-10-3-2-9-22(19)24/h4,6,8,13,18-20,22-23H,2-3,5,7,9-12,14-16H2,1H3/t18?,19-,20-,22+,23-/m0/s1. The van der Waals surface area contributed by atoms with Gasteiger partial charge in [0.2, 0.25) is 0 Å². The summed E-state index contributed by atoms with van der Waals surface area (Å²) in [4.78, 5) is 5.80. The highest BCUT2D eigenvalue weighted by Gasteiger charge is 2.48. The molecule has 0 aliphatic carbocycles. The van der Waals surface area contributed by atoms with Crippen molar-refractivity contribution < 1.29 is 4.74 Å². The molecule has 5 rings (SSSR count). The van der Waals surface area contributed by atoms with Crippen molar-refractivity contribution in [1.29, 1.82) is 0 Å². The molecule has 4 fully saturated rings. The van der Waals surface area contributed by atoms with E-state index >= 15 is 0 Å². The molecule has 4 aliphatic heterocycles. The van der Waals surface area contributed by atoms with E-state index in [0.29, 0.717) is 0 Å². The lowest BCUT2D eigenvalue weighted by atomic mass is 9.67. The zero-order valence-corrected chi connectivity index (χ0v) is 16.3. The Morgan fingerprint density at radius 3 is 2.81 bits per heavy atom. The molecule has 2 bridgehead atoms. The maximum atomic E-state index is 5.46. The van der Waals surface area contributed by atoms with Crippen molar-refractivity contribution in [3.05, 3.63) is 29.8 Å². The minimum absolute atomic E-state index is 0.814. The van der Waals surface area contributed by atoms with Crippen LogP contribution in [0.15, 0.2) is 24.3 Å². The third kappa shape index (κ3) is 3.07. The van der Waals surface area contributed by atoms with E-state index in [2.05, 4.69) is 34.1 Å². The number of hydrogen-bond acceptors (Lipinski definition) is 3. The Bertz CT molecular complexity index is 632. The van der Waals surface area contributed by atoms with Gasteiger partial charge < -0.3 is 4.74 Å². The molecule has 4 aliphatic rings. The monoisotopic (exact) mass is 354 g/mol. The number of nitrogens with zero attached hydrogens (tertiary/aromatic N) is 2. The summed E-state index contributed by atoms with van der Waals surface area (Å²) >= 11 is 0. The van der Waals surface area contributed by atoms with E-state index in [0.717, 1.165) is 35.6 Å². The van der Waals surface area contributed by atoms with E-state index in [4.69, 9.17) is 4.74 Å². The van der Waals surface area contributed by atoms with Crippen LogP contribution in [0.2, 0.25) is 0 Å². The molecule has 0 amide bonds. The minimum atomic E-state index is 0.814. The number of fused-ring (bicyclic) bond motifs is 6. The van der Waals surface area contributed by atoms with Gasteiger partial charge in [0.05, 0.1) is 7.11 Å². The molecule has 5 atom stereocenters. The summed E-state index contributed by atoms with van der Waals surface area (Å²) in [6.07, 6.45) is 9.87. The molecule has 0 aromatic heterocycles. The average molecular weight is 355 g/mol. The van der Waals surface area contributed by atoms with Crippen LogP contribution < -0.4 is 4.74 Å². The predicted octanol–water partition coefficient (Wildman–Crippen LogP) is 3.82. The number of hydrogen-bond donors (Lipinski definition) is 0. The highest BCUT2D eigenvalue weighted by molar-refractivity contribution is 5.29. The van der Waals surface area contributed by atoms with Crippen LogP contribution in [0.5, 0.6) is 5.75 Å². The maximum absolute atomic E-state index is 5.46. The van der Waals surface area contributed by atoms with Crippen molar-refractivity contribution in [3.8, 4) is 5.75 Å². The van der Waals surface area contributed by atoms with Crippen LogP contribution in [-0.2, 0) is 6.42 Å². The zero-order valence-electron chi connectivity index (χ0n) is 16.3. The lowest BCUT2D eigenvalue weighted by Crippen LogP contribution is -2.65. The zero-order chi connectivity index (χ0) is 17.5. The second-order valence-electron chi connectivity index (χ2n) is 9.26. The number of benzene rings is 1. The summed E-state index contributed by atoms with van der Waals surface area (Å²) in [5.74, 6) is 3.68. The molecule has 142 valence electrons. The van der Waals surface area contributed by atoms with Crippen LogP contribution in [0, 0.1) is 17.8 Å². The van der Waals surface area contributed by atoms with Gasteiger partial charge >= 0.3 is 0 Å². The fraction of sp³-hybridized carbons (Fsp3) is 0.739. The van der Waals surface area contributed by atoms with Crippen molar-refractivity contribution >= 4 is 0 Å². The molecule has 0 saturated carbocycles. The van der Waals surface area contributed by atoms with Crippen molar-refractivity contribution in [2.75, 3.05) is 33.3 Å². The molecule has 26 heavy (non-hydrogen) atoms. The number of rotatable bonds is 3. The van der Waals surface area contributed by atoms with Crippen molar-refractivity contribution in [1.82, 2.24) is 9.80 Å². The Hall–Kier alpha value is -1.06. The molecule has 1 unspecified atom stereocenters. The van der Waals surface area contributed by atoms with E-state index in [1.165, 1.54) is 76.7 Å². The van der Waals surface area contributed by atoms with Crippen LogP contribution in [0.25, 0.3) is 0 Å². The molecule has 4 saturated heterocycles. The lowest BCUT2D eigenvalue weighted by Gasteiger charge is -2.59. The van der Waals surface area contributed by atoms with Gasteiger partial charge in [0, 0.05) is 25.2 Å². The highest BCUT2D eigenvalue weighted by Crippen LogP contribution is 2.45. The minimum Gasteiger partial charge on any atom is -0.497 e. The molecule has 3 nitrogen and oxygen atoms in total. The van der Waals surface area contributed by atoms with Gasteiger partial charge in [-0.2, -0.15) is 0 Å². The first-order chi connectivity index (χ1) is 12.8. The molecule has 4 heterocycles. The van der Waals surface area contributed by atoms with E-state index < -0.39 is 0 Å². The highest BCUT2D eigenvalue weighted by atomic mass is 16.5. The summed E-state index contributed by atoms with van der Waals surface area (Å²) in [6, 6.07) is 10.5. The van der Waals surface area contributed by atoms with Crippen LogP contribution in [0.4, 0.5) is 0 Å². The number of piperidine rings is 4. The predicted molar refractivity (Wildman–Crippen MR) is 106 cm³/mol. The maximum Gasteiger partial charge on any atom is 0.119 e. The van der Waals surface area contributed by atoms with Crippen LogP contribution in [0.3, 0.4) is 0 Å². The van der Waals surface area contributed by atoms with E-state index in [9.17, 15) is 0 Å². The Labute approximate surface area is 158 Å². The van der Waals surface area contributed by atoms with Gasteiger partial charge in [-0.05, 0) is 87.1 Å². The molecule has 0 radical (unpaired) electrons. The SMILES string of the molecule is COc1cccc(CC2CCCN3C[C@@H]4C[C@@H](CN5CCCC[C@H]45)[C@H]23)c1. The van der Waals surface area contributed by atoms with Gasteiger partial charge in [-0.1, -0.05) is 18.6 Å². The Morgan fingerprint density at radius 2 is 1.88 bits per heavy atom. The quantitative estimate of drug-likeness (QED) is 0.821. The van der Waals surface area contributed by atoms with Gasteiger partial charge in [-0.25, -0.2) is 0 Å². The van der Waals surface area contributed by atoms with Gasteiger partial charge in [0.1, 0.15) is 5.75 Å². The van der Waals surface area contributed by atoms with Gasteiger partial charge in [-0.3, -0.25) is 9.80 Å². The van der Waals surface area contributed by atoms with Crippen molar-refractivity contribution in [2.24, 2.45) is 17.8 Å². The van der Waals surface area contributed by atoms with Gasteiger partial charge in [0.25, 0.3) is 0 Å². The molecule has 1 aromatic rings. The summed E-state index contributed by atoms with van der Waals surface area (Å²) in [5.41, 5.74) is 1.46. The first-order valence-electron chi connectivity index (χ1n) is 10.9. The third-order valence-corrected chi connectivity index (χ3v) is 7.79. The second kappa shape index (κ2) is 7.16. The molecule has 3 heteroatoms. The lowest BCUT2D eigenvalue weighted by molar-refractivity contribution is -0.0896. The fourth-order valence-corrected chi connectivity index (χ4v) is 6.84. The summed E-state index contributed by atoms with van der Waals surface area (Å²) in [5, 5.41) is 0. The Balaban J connectivity index is 1.35. The largest absolute Gasteiger partial charge is 0.497 e. The van der Waals surface area contributed by atoms with Crippen molar-refractivity contribution in [3.63, 3.8) is 0 Å². The van der Waals surface area contributed by atoms with Gasteiger partial charge in [-0.15, -0.1) is 0 Å². The molecule has 0 spiro atoms. The number of methoxy groups -OCH3 is 1. The molecular formula is C23H34N2O. The fourth-order valence-electron chi connectivity index (χ4n) is 6.84. The van der Waals surface area contributed by atoms with Crippen LogP contribution >= 0.6 is 0 Å². The average Bonchev–Trinajstić information content (AvgIpc) is 2.68. The summed E-state index contributed by atoms with van der Waals surface area (Å²) in [6.45, 7) is 5.46. The topological polar surface area (TPSA) is 15.7 Å². The van der Waals surface area contributed by atoms with Gasteiger partial charge in [0.15, 0.2) is 0 Å². The van der Waals surface area contributed by atoms with Crippen molar-refractivity contribution in [2.45, 2.75) is 57.0 Å². The smallest absolute Gasteiger partial charge is 0.119 e. The summed E-state index contributed by atoms with van der Waals surface area (Å²) in [7, 11) is 1.78. The Kier molecular flexibility index (Phi) is 4.70. The molecule has 1 aromatic carbocycles. The third-order valence-electron chi connectivity index (χ3n) is 7.79. The van der Waals surface area contributed by atoms with Crippen LogP contribution in [0.1, 0.15) is 44.1 Å². The normalized spacial score (nSPS) is 37.7. The molecule has 0 N–H and O–H groups in total. The first-order valence-corrected chi connectivity index (χ1v) is 10.9. The van der Waals surface area contributed by atoms with E-state index in [-0.39, 0.29) is 0 Å². The summed E-state index contributed by atoms with van der Waals surface area (Å²) < 4.78 is 5.46. The van der Waals surface area contributed by atoms with E-state index in [1.54, 1.807) is 7.11 Å². The number of ether oxygens (including phenoxy) is 1. The first kappa shape index (κ1) is 17.1. The van der Waals surface area contributed by atoms with E-state index in [1.807, 2.05) is 0 Å².